The lowest BCUT2D eigenvalue weighted by Crippen LogP contribution is -2.43. The maximum absolute atomic E-state index is 11.9. The van der Waals surface area contributed by atoms with E-state index in [-0.39, 0.29) is 5.91 Å². The monoisotopic (exact) mass is 287 g/mol. The molecule has 0 unspecified atom stereocenters. The van der Waals surface area contributed by atoms with Gasteiger partial charge in [-0.15, -0.1) is 0 Å². The lowest BCUT2D eigenvalue weighted by molar-refractivity contribution is -0.117. The maximum Gasteiger partial charge on any atom is 0.224 e. The van der Waals surface area contributed by atoms with Crippen molar-refractivity contribution in [3.63, 3.8) is 0 Å². The molecule has 1 aromatic carbocycles. The molecule has 0 radical (unpaired) electrons. The highest BCUT2D eigenvalue weighted by Gasteiger charge is 2.20. The molecule has 2 heterocycles. The molecule has 0 aromatic heterocycles. The lowest BCUT2D eigenvalue weighted by Gasteiger charge is -2.32. The van der Waals surface area contributed by atoms with Gasteiger partial charge in [-0.05, 0) is 62.0 Å². The highest BCUT2D eigenvalue weighted by Crippen LogP contribution is 2.24. The fourth-order valence-corrected chi connectivity index (χ4v) is 2.99. The highest BCUT2D eigenvalue weighted by molar-refractivity contribution is 5.91. The van der Waals surface area contributed by atoms with Crippen LogP contribution in [0.25, 0.3) is 0 Å². The van der Waals surface area contributed by atoms with E-state index in [2.05, 4.69) is 34.6 Å². The Labute approximate surface area is 126 Å². The Kier molecular flexibility index (Phi) is 4.44. The first-order valence-electron chi connectivity index (χ1n) is 8.06. The van der Waals surface area contributed by atoms with Gasteiger partial charge in [0, 0.05) is 30.9 Å². The van der Waals surface area contributed by atoms with Gasteiger partial charge in [0.2, 0.25) is 5.91 Å². The summed E-state index contributed by atoms with van der Waals surface area (Å²) in [5, 5.41) is 6.18. The second-order valence-corrected chi connectivity index (χ2v) is 6.49. The van der Waals surface area contributed by atoms with E-state index in [1.54, 1.807) is 0 Å². The SMILES string of the molecule is CC1CCN(c2ccc(NC(=O)CC3CNC3)cc2)CC1. The van der Waals surface area contributed by atoms with Crippen LogP contribution < -0.4 is 15.5 Å². The molecule has 2 N–H and O–H groups in total. The van der Waals surface area contributed by atoms with Crippen molar-refractivity contribution in [3.8, 4) is 0 Å². The van der Waals surface area contributed by atoms with Crippen LogP contribution in [0, 0.1) is 11.8 Å². The van der Waals surface area contributed by atoms with Gasteiger partial charge in [-0.2, -0.15) is 0 Å². The predicted molar refractivity (Wildman–Crippen MR) is 86.7 cm³/mol. The topological polar surface area (TPSA) is 44.4 Å². The first-order valence-corrected chi connectivity index (χ1v) is 8.06. The Morgan fingerprint density at radius 3 is 2.48 bits per heavy atom. The summed E-state index contributed by atoms with van der Waals surface area (Å²) in [6.45, 7) is 6.55. The van der Waals surface area contributed by atoms with Gasteiger partial charge < -0.3 is 15.5 Å². The molecule has 2 aliphatic rings. The van der Waals surface area contributed by atoms with Crippen molar-refractivity contribution in [2.24, 2.45) is 11.8 Å². The quantitative estimate of drug-likeness (QED) is 0.894. The average molecular weight is 287 g/mol. The minimum Gasteiger partial charge on any atom is -0.372 e. The Bertz CT molecular complexity index is 473. The summed E-state index contributed by atoms with van der Waals surface area (Å²) >= 11 is 0. The Hall–Kier alpha value is -1.55. The number of nitrogens with zero attached hydrogens (tertiary/aromatic N) is 1. The molecule has 0 atom stereocenters. The van der Waals surface area contributed by atoms with Gasteiger partial charge in [0.05, 0.1) is 0 Å². The summed E-state index contributed by atoms with van der Waals surface area (Å²) in [4.78, 5) is 14.3. The Morgan fingerprint density at radius 1 is 1.24 bits per heavy atom. The predicted octanol–water partition coefficient (Wildman–Crippen LogP) is 2.47. The minimum absolute atomic E-state index is 0.126. The molecule has 0 bridgehead atoms. The number of carbonyl (C=O) groups is 1. The molecule has 21 heavy (non-hydrogen) atoms. The largest absolute Gasteiger partial charge is 0.372 e. The van der Waals surface area contributed by atoms with Crippen LogP contribution in [0.15, 0.2) is 24.3 Å². The summed E-state index contributed by atoms with van der Waals surface area (Å²) in [5.41, 5.74) is 2.17. The molecule has 2 fully saturated rings. The number of piperidine rings is 1. The summed E-state index contributed by atoms with van der Waals surface area (Å²) < 4.78 is 0. The molecule has 0 saturated carbocycles. The minimum atomic E-state index is 0.126. The highest BCUT2D eigenvalue weighted by atomic mass is 16.1. The van der Waals surface area contributed by atoms with Crippen LogP contribution in [0.3, 0.4) is 0 Å². The summed E-state index contributed by atoms with van der Waals surface area (Å²) in [6, 6.07) is 8.28. The second-order valence-electron chi connectivity index (χ2n) is 6.49. The number of hydrogen-bond acceptors (Lipinski definition) is 3. The lowest BCUT2D eigenvalue weighted by atomic mass is 9.98. The van der Waals surface area contributed by atoms with Crippen LogP contribution in [0.4, 0.5) is 11.4 Å². The van der Waals surface area contributed by atoms with Crippen molar-refractivity contribution in [2.75, 3.05) is 36.4 Å². The van der Waals surface area contributed by atoms with Gasteiger partial charge in [0.25, 0.3) is 0 Å². The third-order valence-electron chi connectivity index (χ3n) is 4.64. The number of carbonyl (C=O) groups excluding carboxylic acids is 1. The first-order chi connectivity index (χ1) is 10.2. The van der Waals surface area contributed by atoms with Gasteiger partial charge in [-0.3, -0.25) is 4.79 Å². The molecule has 4 heteroatoms. The fraction of sp³-hybridized carbons (Fsp3) is 0.588. The first kappa shape index (κ1) is 14.4. The number of rotatable bonds is 4. The van der Waals surface area contributed by atoms with Crippen molar-refractivity contribution < 1.29 is 4.79 Å². The molecule has 1 amide bonds. The van der Waals surface area contributed by atoms with Crippen molar-refractivity contribution >= 4 is 17.3 Å². The molecular weight excluding hydrogens is 262 g/mol. The van der Waals surface area contributed by atoms with Crippen molar-refractivity contribution in [2.45, 2.75) is 26.2 Å². The normalized spacial score (nSPS) is 20.1. The van der Waals surface area contributed by atoms with Gasteiger partial charge in [0.15, 0.2) is 0 Å². The summed E-state index contributed by atoms with van der Waals surface area (Å²) in [7, 11) is 0. The third kappa shape index (κ3) is 3.76. The van der Waals surface area contributed by atoms with Gasteiger partial charge >= 0.3 is 0 Å². The zero-order valence-electron chi connectivity index (χ0n) is 12.8. The van der Waals surface area contributed by atoms with E-state index in [4.69, 9.17) is 0 Å². The zero-order chi connectivity index (χ0) is 14.7. The van der Waals surface area contributed by atoms with E-state index >= 15 is 0 Å². The van der Waals surface area contributed by atoms with Gasteiger partial charge in [0.1, 0.15) is 0 Å². The van der Waals surface area contributed by atoms with E-state index in [0.29, 0.717) is 12.3 Å². The number of anilines is 2. The van der Waals surface area contributed by atoms with Crippen LogP contribution >= 0.6 is 0 Å². The van der Waals surface area contributed by atoms with Gasteiger partial charge in [-0.1, -0.05) is 6.92 Å². The van der Waals surface area contributed by atoms with Crippen LogP contribution in [-0.2, 0) is 4.79 Å². The van der Waals surface area contributed by atoms with Crippen molar-refractivity contribution in [3.05, 3.63) is 24.3 Å². The summed E-state index contributed by atoms with van der Waals surface area (Å²) in [6.07, 6.45) is 3.17. The molecule has 2 aliphatic heterocycles. The Morgan fingerprint density at radius 2 is 1.90 bits per heavy atom. The third-order valence-corrected chi connectivity index (χ3v) is 4.64. The Balaban J connectivity index is 1.52. The van der Waals surface area contributed by atoms with E-state index in [1.807, 2.05) is 12.1 Å². The zero-order valence-corrected chi connectivity index (χ0v) is 12.8. The number of amides is 1. The van der Waals surface area contributed by atoms with E-state index in [0.717, 1.165) is 37.8 Å². The van der Waals surface area contributed by atoms with Crippen LogP contribution in [0.1, 0.15) is 26.2 Å². The molecule has 0 aliphatic carbocycles. The summed E-state index contributed by atoms with van der Waals surface area (Å²) in [5.74, 6) is 1.49. The molecule has 114 valence electrons. The van der Waals surface area contributed by atoms with Gasteiger partial charge in [-0.25, -0.2) is 0 Å². The average Bonchev–Trinajstić information content (AvgIpc) is 2.45. The van der Waals surface area contributed by atoms with Crippen molar-refractivity contribution in [1.82, 2.24) is 5.32 Å². The number of hydrogen-bond donors (Lipinski definition) is 2. The van der Waals surface area contributed by atoms with E-state index in [9.17, 15) is 4.79 Å². The molecule has 4 nitrogen and oxygen atoms in total. The van der Waals surface area contributed by atoms with Crippen LogP contribution in [0.5, 0.6) is 0 Å². The number of benzene rings is 1. The fourth-order valence-electron chi connectivity index (χ4n) is 2.99. The molecule has 1 aromatic rings. The van der Waals surface area contributed by atoms with Crippen LogP contribution in [0.2, 0.25) is 0 Å². The van der Waals surface area contributed by atoms with Crippen molar-refractivity contribution in [1.29, 1.82) is 0 Å². The maximum atomic E-state index is 11.9. The molecule has 2 saturated heterocycles. The second kappa shape index (κ2) is 6.48. The smallest absolute Gasteiger partial charge is 0.224 e. The van der Waals surface area contributed by atoms with E-state index < -0.39 is 0 Å². The van der Waals surface area contributed by atoms with E-state index in [1.165, 1.54) is 18.5 Å². The molecular formula is C17H25N3O. The molecule has 3 rings (SSSR count). The number of nitrogens with one attached hydrogen (secondary N) is 2. The van der Waals surface area contributed by atoms with Crippen LogP contribution in [-0.4, -0.2) is 32.1 Å². The molecule has 0 spiro atoms. The standard InChI is InChI=1S/C17H25N3O/c1-13-6-8-20(9-7-13)16-4-2-15(3-5-16)19-17(21)10-14-11-18-12-14/h2-5,13-14,18H,6-12H2,1H3,(H,19,21).